The second kappa shape index (κ2) is 9.00. The zero-order valence-corrected chi connectivity index (χ0v) is 17.9. The average molecular weight is 429 g/mol. The van der Waals surface area contributed by atoms with E-state index in [4.69, 9.17) is 4.74 Å². The summed E-state index contributed by atoms with van der Waals surface area (Å²) in [4.78, 5) is 12.5. The zero-order chi connectivity index (χ0) is 21.7. The van der Waals surface area contributed by atoms with Gasteiger partial charge in [-0.1, -0.05) is 19.1 Å². The first kappa shape index (κ1) is 21.4. The Morgan fingerprint density at radius 3 is 2.60 bits per heavy atom. The molecule has 3 rings (SSSR count). The molecule has 0 aliphatic carbocycles. The fourth-order valence-electron chi connectivity index (χ4n) is 3.00. The second-order valence-corrected chi connectivity index (χ2v) is 8.16. The molecule has 1 amide bonds. The highest BCUT2D eigenvalue weighted by atomic mass is 32.2. The van der Waals surface area contributed by atoms with Crippen LogP contribution in [-0.4, -0.2) is 31.2 Å². The molecule has 0 spiro atoms. The Morgan fingerprint density at radius 1 is 1.10 bits per heavy atom. The molecule has 158 valence electrons. The SMILES string of the molecule is CCc1cccc(NS(=O)(=O)c2ccc(NC(=O)c3ccnn3CC)cc2OC)c1. The summed E-state index contributed by atoms with van der Waals surface area (Å²) in [5.74, 6) is -0.225. The smallest absolute Gasteiger partial charge is 0.273 e. The monoisotopic (exact) mass is 428 g/mol. The number of methoxy groups -OCH3 is 1. The van der Waals surface area contributed by atoms with Crippen molar-refractivity contribution in [2.24, 2.45) is 0 Å². The van der Waals surface area contributed by atoms with E-state index in [1.807, 2.05) is 19.9 Å². The number of aryl methyl sites for hydroxylation is 2. The number of aromatic nitrogens is 2. The molecule has 30 heavy (non-hydrogen) atoms. The van der Waals surface area contributed by atoms with Crippen molar-refractivity contribution >= 4 is 27.3 Å². The number of benzene rings is 2. The van der Waals surface area contributed by atoms with Crippen molar-refractivity contribution < 1.29 is 17.9 Å². The van der Waals surface area contributed by atoms with Gasteiger partial charge in [-0.15, -0.1) is 0 Å². The van der Waals surface area contributed by atoms with Gasteiger partial charge >= 0.3 is 0 Å². The van der Waals surface area contributed by atoms with Crippen molar-refractivity contribution in [1.82, 2.24) is 9.78 Å². The predicted octanol–water partition coefficient (Wildman–Crippen LogP) is 3.53. The van der Waals surface area contributed by atoms with Gasteiger partial charge in [0.1, 0.15) is 16.3 Å². The van der Waals surface area contributed by atoms with Crippen LogP contribution in [-0.2, 0) is 23.0 Å². The van der Waals surface area contributed by atoms with E-state index < -0.39 is 10.0 Å². The summed E-state index contributed by atoms with van der Waals surface area (Å²) in [6, 6.07) is 13.2. The van der Waals surface area contributed by atoms with E-state index in [1.165, 1.54) is 25.3 Å². The molecule has 2 aromatic carbocycles. The average Bonchev–Trinajstić information content (AvgIpc) is 3.22. The van der Waals surface area contributed by atoms with Crippen LogP contribution in [0.3, 0.4) is 0 Å². The third kappa shape index (κ3) is 4.62. The van der Waals surface area contributed by atoms with Crippen LogP contribution < -0.4 is 14.8 Å². The van der Waals surface area contributed by atoms with Gasteiger partial charge in [0.25, 0.3) is 15.9 Å². The van der Waals surface area contributed by atoms with Gasteiger partial charge in [-0.2, -0.15) is 5.10 Å². The molecule has 2 N–H and O–H groups in total. The minimum atomic E-state index is -3.88. The zero-order valence-electron chi connectivity index (χ0n) is 17.0. The van der Waals surface area contributed by atoms with E-state index in [0.29, 0.717) is 23.6 Å². The van der Waals surface area contributed by atoms with E-state index in [2.05, 4.69) is 15.1 Å². The number of ether oxygens (including phenoxy) is 1. The normalized spacial score (nSPS) is 11.2. The highest BCUT2D eigenvalue weighted by molar-refractivity contribution is 7.92. The Bertz CT molecular complexity index is 1160. The summed E-state index contributed by atoms with van der Waals surface area (Å²) in [6.07, 6.45) is 2.35. The molecule has 8 nitrogen and oxygen atoms in total. The highest BCUT2D eigenvalue weighted by Crippen LogP contribution is 2.29. The lowest BCUT2D eigenvalue weighted by Crippen LogP contribution is -2.18. The quantitative estimate of drug-likeness (QED) is 0.571. The number of hydrogen-bond donors (Lipinski definition) is 2. The molecule has 0 aliphatic heterocycles. The summed E-state index contributed by atoms with van der Waals surface area (Å²) in [5.41, 5.74) is 2.31. The number of carbonyl (C=O) groups is 1. The van der Waals surface area contributed by atoms with E-state index in [9.17, 15) is 13.2 Å². The summed E-state index contributed by atoms with van der Waals surface area (Å²) in [6.45, 7) is 4.44. The molecule has 9 heteroatoms. The molecule has 1 aromatic heterocycles. The minimum absolute atomic E-state index is 0.0245. The van der Waals surface area contributed by atoms with Gasteiger partial charge in [0, 0.05) is 30.2 Å². The van der Waals surface area contributed by atoms with Gasteiger partial charge in [-0.05, 0) is 49.2 Å². The third-order valence-electron chi connectivity index (χ3n) is 4.55. The van der Waals surface area contributed by atoms with Crippen molar-refractivity contribution in [2.75, 3.05) is 17.1 Å². The fraction of sp³-hybridized carbons (Fsp3) is 0.238. The van der Waals surface area contributed by atoms with Gasteiger partial charge in [0.2, 0.25) is 0 Å². The lowest BCUT2D eigenvalue weighted by Gasteiger charge is -2.14. The second-order valence-electron chi connectivity index (χ2n) is 6.51. The number of hydrogen-bond acceptors (Lipinski definition) is 5. The standard InChI is InChI=1S/C21H24N4O4S/c1-4-15-7-6-8-17(13-15)24-30(27,28)20-10-9-16(14-19(20)29-3)23-21(26)18-11-12-22-25(18)5-2/h6-14,24H,4-5H2,1-3H3,(H,23,26). The van der Waals surface area contributed by atoms with Crippen LogP contribution in [0.4, 0.5) is 11.4 Å². The van der Waals surface area contributed by atoms with E-state index in [0.717, 1.165) is 12.0 Å². The predicted molar refractivity (Wildman–Crippen MR) is 115 cm³/mol. The van der Waals surface area contributed by atoms with E-state index >= 15 is 0 Å². The molecule has 3 aromatic rings. The first-order chi connectivity index (χ1) is 14.4. The lowest BCUT2D eigenvalue weighted by molar-refractivity contribution is 0.101. The van der Waals surface area contributed by atoms with Crippen LogP contribution in [0.5, 0.6) is 5.75 Å². The molecule has 0 fully saturated rings. The Balaban J connectivity index is 1.85. The van der Waals surface area contributed by atoms with Crippen molar-refractivity contribution in [3.8, 4) is 5.75 Å². The van der Waals surface area contributed by atoms with Crippen LogP contribution >= 0.6 is 0 Å². The van der Waals surface area contributed by atoms with Crippen molar-refractivity contribution in [2.45, 2.75) is 31.7 Å². The summed E-state index contributed by atoms with van der Waals surface area (Å²) >= 11 is 0. The first-order valence-corrected chi connectivity index (χ1v) is 11.0. The van der Waals surface area contributed by atoms with Crippen LogP contribution in [0.15, 0.2) is 59.6 Å². The Morgan fingerprint density at radius 2 is 1.90 bits per heavy atom. The van der Waals surface area contributed by atoms with Gasteiger partial charge < -0.3 is 10.1 Å². The number of rotatable bonds is 8. The first-order valence-electron chi connectivity index (χ1n) is 9.51. The van der Waals surface area contributed by atoms with E-state index in [1.54, 1.807) is 35.1 Å². The maximum absolute atomic E-state index is 12.9. The van der Waals surface area contributed by atoms with Gasteiger partial charge in [0.05, 0.1) is 7.11 Å². The number of carbonyl (C=O) groups excluding carboxylic acids is 1. The topological polar surface area (TPSA) is 102 Å². The molecule has 0 saturated heterocycles. The van der Waals surface area contributed by atoms with Gasteiger partial charge in [-0.3, -0.25) is 14.2 Å². The Labute approximate surface area is 175 Å². The van der Waals surface area contributed by atoms with Crippen molar-refractivity contribution in [3.05, 3.63) is 66.0 Å². The highest BCUT2D eigenvalue weighted by Gasteiger charge is 2.21. The molecule has 0 saturated carbocycles. The molecular formula is C21H24N4O4S. The van der Waals surface area contributed by atoms with Gasteiger partial charge in [-0.25, -0.2) is 8.42 Å². The van der Waals surface area contributed by atoms with Gasteiger partial charge in [0.15, 0.2) is 0 Å². The summed E-state index contributed by atoms with van der Waals surface area (Å²) < 4.78 is 35.2. The van der Waals surface area contributed by atoms with Crippen molar-refractivity contribution in [1.29, 1.82) is 0 Å². The van der Waals surface area contributed by atoms with Crippen LogP contribution in [0, 0.1) is 0 Å². The minimum Gasteiger partial charge on any atom is -0.495 e. The third-order valence-corrected chi connectivity index (χ3v) is 5.97. The number of anilines is 2. The maximum atomic E-state index is 12.9. The lowest BCUT2D eigenvalue weighted by atomic mass is 10.1. The number of nitrogens with one attached hydrogen (secondary N) is 2. The molecule has 0 atom stereocenters. The largest absolute Gasteiger partial charge is 0.495 e. The van der Waals surface area contributed by atoms with Crippen LogP contribution in [0.1, 0.15) is 29.9 Å². The fourth-order valence-corrected chi connectivity index (χ4v) is 4.21. The number of nitrogens with zero attached hydrogens (tertiary/aromatic N) is 2. The Kier molecular flexibility index (Phi) is 6.41. The summed E-state index contributed by atoms with van der Waals surface area (Å²) in [5, 5.41) is 6.82. The Hall–Kier alpha value is -3.33. The number of sulfonamides is 1. The van der Waals surface area contributed by atoms with Crippen LogP contribution in [0.25, 0.3) is 0 Å². The summed E-state index contributed by atoms with van der Waals surface area (Å²) in [7, 11) is -2.50. The van der Waals surface area contributed by atoms with Crippen LogP contribution in [0.2, 0.25) is 0 Å². The molecule has 0 aliphatic rings. The number of amides is 1. The molecule has 0 bridgehead atoms. The molecular weight excluding hydrogens is 404 g/mol. The van der Waals surface area contributed by atoms with Crippen molar-refractivity contribution in [3.63, 3.8) is 0 Å². The molecule has 1 heterocycles. The molecule has 0 unspecified atom stereocenters. The molecule has 0 radical (unpaired) electrons. The van der Waals surface area contributed by atoms with E-state index in [-0.39, 0.29) is 16.6 Å². The maximum Gasteiger partial charge on any atom is 0.273 e.